The second kappa shape index (κ2) is 8.19. The van der Waals surface area contributed by atoms with Gasteiger partial charge in [-0.05, 0) is 24.8 Å². The lowest BCUT2D eigenvalue weighted by molar-refractivity contribution is -0.385. The van der Waals surface area contributed by atoms with Gasteiger partial charge >= 0.3 is 0 Å². The summed E-state index contributed by atoms with van der Waals surface area (Å²) >= 11 is 0. The molecule has 7 heteroatoms. The maximum atomic E-state index is 11.3. The first-order chi connectivity index (χ1) is 10.1. The van der Waals surface area contributed by atoms with E-state index in [0.29, 0.717) is 17.1 Å². The molecule has 0 amide bonds. The Morgan fingerprint density at radius 1 is 1.18 bits per heavy atom. The van der Waals surface area contributed by atoms with Crippen molar-refractivity contribution in [3.8, 4) is 11.5 Å². The number of hydrogen-bond donors (Lipinski definition) is 1. The van der Waals surface area contributed by atoms with Crippen LogP contribution in [0.3, 0.4) is 0 Å². The second-order valence-electron chi connectivity index (χ2n) is 5.45. The molecule has 22 heavy (non-hydrogen) atoms. The minimum absolute atomic E-state index is 0. The van der Waals surface area contributed by atoms with Gasteiger partial charge in [-0.2, -0.15) is 0 Å². The average molecular weight is 331 g/mol. The molecule has 1 aromatic rings. The van der Waals surface area contributed by atoms with Crippen molar-refractivity contribution in [1.29, 1.82) is 0 Å². The van der Waals surface area contributed by atoms with Crippen molar-refractivity contribution in [3.05, 3.63) is 27.8 Å². The van der Waals surface area contributed by atoms with E-state index in [4.69, 9.17) is 15.2 Å². The van der Waals surface area contributed by atoms with Crippen molar-refractivity contribution < 1.29 is 14.4 Å². The summed E-state index contributed by atoms with van der Waals surface area (Å²) < 4.78 is 10.4. The Balaban J connectivity index is 0.00000242. The highest BCUT2D eigenvalue weighted by atomic mass is 35.5. The van der Waals surface area contributed by atoms with Gasteiger partial charge in [0.05, 0.1) is 30.8 Å². The Kier molecular flexibility index (Phi) is 6.90. The molecule has 1 atom stereocenters. The molecule has 0 bridgehead atoms. The highest BCUT2D eigenvalue weighted by Gasteiger charge is 2.29. The van der Waals surface area contributed by atoms with Crippen LogP contribution >= 0.6 is 12.4 Å². The van der Waals surface area contributed by atoms with Crippen LogP contribution in [0.4, 0.5) is 5.69 Å². The van der Waals surface area contributed by atoms with E-state index in [1.165, 1.54) is 26.7 Å². The van der Waals surface area contributed by atoms with Gasteiger partial charge in [0.15, 0.2) is 11.5 Å². The van der Waals surface area contributed by atoms with Crippen molar-refractivity contribution in [3.63, 3.8) is 0 Å². The SMILES string of the molecule is COc1cc([C@@H](N)C2CCCCC2)c([N+](=O)[O-])cc1OC.Cl. The summed E-state index contributed by atoms with van der Waals surface area (Å²) in [6.07, 6.45) is 5.54. The number of methoxy groups -OCH3 is 2. The van der Waals surface area contributed by atoms with Gasteiger partial charge in [-0.25, -0.2) is 0 Å². The number of rotatable bonds is 5. The molecule has 1 fully saturated rings. The fourth-order valence-corrected chi connectivity index (χ4v) is 3.06. The summed E-state index contributed by atoms with van der Waals surface area (Å²) in [4.78, 5) is 10.9. The normalized spacial score (nSPS) is 16.5. The largest absolute Gasteiger partial charge is 0.493 e. The summed E-state index contributed by atoms with van der Waals surface area (Å²) in [5.74, 6) is 1.11. The van der Waals surface area contributed by atoms with E-state index in [1.807, 2.05) is 0 Å². The minimum atomic E-state index is -0.403. The van der Waals surface area contributed by atoms with Crippen molar-refractivity contribution >= 4 is 18.1 Å². The maximum Gasteiger partial charge on any atom is 0.278 e. The summed E-state index contributed by atoms with van der Waals surface area (Å²) in [5, 5.41) is 11.3. The number of nitrogens with two attached hydrogens (primary N) is 1. The molecule has 1 aromatic carbocycles. The Hall–Kier alpha value is -1.53. The molecule has 2 N–H and O–H groups in total. The molecule has 0 heterocycles. The zero-order valence-corrected chi connectivity index (χ0v) is 13.7. The molecule has 6 nitrogen and oxygen atoms in total. The van der Waals surface area contributed by atoms with Crippen LogP contribution in [0, 0.1) is 16.0 Å². The molecular formula is C15H23ClN2O4. The number of halogens is 1. The Morgan fingerprint density at radius 3 is 2.23 bits per heavy atom. The lowest BCUT2D eigenvalue weighted by atomic mass is 9.81. The molecule has 0 aliphatic heterocycles. The number of nitrogens with zero attached hydrogens (tertiary/aromatic N) is 1. The first-order valence-electron chi connectivity index (χ1n) is 7.24. The molecule has 0 aromatic heterocycles. The van der Waals surface area contributed by atoms with Gasteiger partial charge in [0.25, 0.3) is 5.69 Å². The van der Waals surface area contributed by atoms with Gasteiger partial charge in [0, 0.05) is 6.04 Å². The molecule has 1 aliphatic rings. The fraction of sp³-hybridized carbons (Fsp3) is 0.600. The Bertz CT molecular complexity index is 519. The van der Waals surface area contributed by atoms with E-state index in [9.17, 15) is 10.1 Å². The zero-order valence-electron chi connectivity index (χ0n) is 12.9. The lowest BCUT2D eigenvalue weighted by Crippen LogP contribution is -2.24. The lowest BCUT2D eigenvalue weighted by Gasteiger charge is -2.27. The van der Waals surface area contributed by atoms with E-state index in [0.717, 1.165) is 25.7 Å². The summed E-state index contributed by atoms with van der Waals surface area (Å²) in [5.41, 5.74) is 6.86. The molecule has 0 radical (unpaired) electrons. The molecule has 1 saturated carbocycles. The molecule has 1 aliphatic carbocycles. The average Bonchev–Trinajstić information content (AvgIpc) is 2.53. The van der Waals surface area contributed by atoms with Gasteiger partial charge in [-0.1, -0.05) is 19.3 Å². The number of benzene rings is 1. The summed E-state index contributed by atoms with van der Waals surface area (Å²) in [6.45, 7) is 0. The summed E-state index contributed by atoms with van der Waals surface area (Å²) in [7, 11) is 2.97. The highest BCUT2D eigenvalue weighted by molar-refractivity contribution is 5.85. The van der Waals surface area contributed by atoms with E-state index < -0.39 is 4.92 Å². The Labute approximate surface area is 136 Å². The molecule has 0 spiro atoms. The van der Waals surface area contributed by atoms with Crippen molar-refractivity contribution in [1.82, 2.24) is 0 Å². The quantitative estimate of drug-likeness (QED) is 0.658. The number of nitro benzene ring substituents is 1. The molecule has 2 rings (SSSR count). The van der Waals surface area contributed by atoms with Crippen LogP contribution in [0.2, 0.25) is 0 Å². The standard InChI is InChI=1S/C15H22N2O4.ClH/c1-20-13-8-11(12(17(18)19)9-14(13)21-2)15(16)10-6-4-3-5-7-10;/h8-10,15H,3-7,16H2,1-2H3;1H/t15-;/m0./s1. The van der Waals surface area contributed by atoms with Crippen molar-refractivity contribution in [2.45, 2.75) is 38.1 Å². The molecule has 124 valence electrons. The van der Waals surface area contributed by atoms with Crippen LogP contribution in [0.5, 0.6) is 11.5 Å². The minimum Gasteiger partial charge on any atom is -0.493 e. The van der Waals surface area contributed by atoms with E-state index in [2.05, 4.69) is 0 Å². The van der Waals surface area contributed by atoms with Crippen molar-refractivity contribution in [2.24, 2.45) is 11.7 Å². The zero-order chi connectivity index (χ0) is 15.4. The van der Waals surface area contributed by atoms with E-state index in [1.54, 1.807) is 6.07 Å². The van der Waals surface area contributed by atoms with E-state index in [-0.39, 0.29) is 30.1 Å². The van der Waals surface area contributed by atoms with Gasteiger partial charge in [0.2, 0.25) is 0 Å². The van der Waals surface area contributed by atoms with Crippen LogP contribution in [-0.2, 0) is 0 Å². The second-order valence-corrected chi connectivity index (χ2v) is 5.45. The fourth-order valence-electron chi connectivity index (χ4n) is 3.06. The highest BCUT2D eigenvalue weighted by Crippen LogP contribution is 2.41. The van der Waals surface area contributed by atoms with Crippen molar-refractivity contribution in [2.75, 3.05) is 14.2 Å². The predicted octanol–water partition coefficient (Wildman–Crippen LogP) is 3.61. The van der Waals surface area contributed by atoms with Crippen LogP contribution in [0.1, 0.15) is 43.7 Å². The topological polar surface area (TPSA) is 87.6 Å². The third kappa shape index (κ3) is 3.81. The molecule has 0 unspecified atom stereocenters. The van der Waals surface area contributed by atoms with Crippen LogP contribution in [0.25, 0.3) is 0 Å². The van der Waals surface area contributed by atoms with Gasteiger partial charge in [-0.15, -0.1) is 12.4 Å². The van der Waals surface area contributed by atoms with Gasteiger partial charge in [-0.3, -0.25) is 10.1 Å². The third-order valence-corrected chi connectivity index (χ3v) is 4.25. The Morgan fingerprint density at radius 2 is 1.73 bits per heavy atom. The monoisotopic (exact) mass is 330 g/mol. The van der Waals surface area contributed by atoms with Crippen LogP contribution < -0.4 is 15.2 Å². The maximum absolute atomic E-state index is 11.3. The smallest absolute Gasteiger partial charge is 0.278 e. The van der Waals surface area contributed by atoms with Crippen LogP contribution in [0.15, 0.2) is 12.1 Å². The van der Waals surface area contributed by atoms with Gasteiger partial charge < -0.3 is 15.2 Å². The van der Waals surface area contributed by atoms with E-state index >= 15 is 0 Å². The summed E-state index contributed by atoms with van der Waals surface area (Å²) in [6, 6.07) is 2.71. The number of nitro groups is 1. The third-order valence-electron chi connectivity index (χ3n) is 4.25. The molecular weight excluding hydrogens is 308 g/mol. The van der Waals surface area contributed by atoms with Crippen LogP contribution in [-0.4, -0.2) is 19.1 Å². The first-order valence-corrected chi connectivity index (χ1v) is 7.24. The number of ether oxygens (including phenoxy) is 2. The number of hydrogen-bond acceptors (Lipinski definition) is 5. The van der Waals surface area contributed by atoms with Gasteiger partial charge in [0.1, 0.15) is 0 Å². The molecule has 0 saturated heterocycles. The first kappa shape index (κ1) is 18.5. The predicted molar refractivity (Wildman–Crippen MR) is 87.0 cm³/mol.